The summed E-state index contributed by atoms with van der Waals surface area (Å²) in [6, 6.07) is 10.4. The fourth-order valence-corrected chi connectivity index (χ4v) is 5.25. The lowest BCUT2D eigenvalue weighted by molar-refractivity contribution is -0.127. The fourth-order valence-electron chi connectivity index (χ4n) is 5.25. The van der Waals surface area contributed by atoms with Gasteiger partial charge in [-0.25, -0.2) is 0 Å². The lowest BCUT2D eigenvalue weighted by Crippen LogP contribution is -2.51. The van der Waals surface area contributed by atoms with Crippen molar-refractivity contribution in [1.29, 1.82) is 0 Å². The molecule has 1 heterocycles. The average molecular weight is 570 g/mol. The predicted molar refractivity (Wildman–Crippen MR) is 148 cm³/mol. The lowest BCUT2D eigenvalue weighted by Gasteiger charge is -2.44. The molecule has 1 amide bonds. The van der Waals surface area contributed by atoms with E-state index in [0.29, 0.717) is 12.3 Å². The minimum atomic E-state index is 0. The van der Waals surface area contributed by atoms with Crippen LogP contribution in [0.3, 0.4) is 0 Å². The Morgan fingerprint density at radius 2 is 2.00 bits per heavy atom. The van der Waals surface area contributed by atoms with Gasteiger partial charge >= 0.3 is 0 Å². The van der Waals surface area contributed by atoms with Crippen LogP contribution in [0, 0.1) is 11.8 Å². The Hall–Kier alpha value is -1.35. The number of likely N-dealkylation sites (tertiary alicyclic amines) is 1. The Morgan fingerprint density at radius 1 is 1.24 bits per heavy atom. The first-order valence-electron chi connectivity index (χ1n) is 12.4. The number of aliphatic imine (C=N–C) groups is 1. The lowest BCUT2D eigenvalue weighted by atomic mass is 9.75. The van der Waals surface area contributed by atoms with Crippen LogP contribution in [0.5, 0.6) is 0 Å². The summed E-state index contributed by atoms with van der Waals surface area (Å²) in [5, 5.41) is 6.93. The molecule has 6 nitrogen and oxygen atoms in total. The van der Waals surface area contributed by atoms with Crippen molar-refractivity contribution in [2.75, 3.05) is 46.8 Å². The number of guanidine groups is 1. The normalized spacial score (nSPS) is 25.8. The fraction of sp³-hybridized carbons (Fsp3) is 0.692. The summed E-state index contributed by atoms with van der Waals surface area (Å²) in [5.74, 6) is 2.24. The topological polar surface area (TPSA) is 60.0 Å². The Labute approximate surface area is 218 Å². The number of amides is 1. The van der Waals surface area contributed by atoms with Gasteiger partial charge in [0.2, 0.25) is 5.91 Å². The van der Waals surface area contributed by atoms with Gasteiger partial charge in [0.25, 0.3) is 0 Å². The third-order valence-electron chi connectivity index (χ3n) is 7.26. The second-order valence-corrected chi connectivity index (χ2v) is 10.0. The first-order chi connectivity index (χ1) is 15.4. The van der Waals surface area contributed by atoms with Crippen molar-refractivity contribution in [2.24, 2.45) is 16.8 Å². The van der Waals surface area contributed by atoms with E-state index in [1.54, 1.807) is 0 Å². The van der Waals surface area contributed by atoms with E-state index in [0.717, 1.165) is 51.0 Å². The highest BCUT2D eigenvalue weighted by atomic mass is 127. The number of likely N-dealkylation sites (N-methyl/N-ethyl adjacent to an activating group) is 1. The first-order valence-corrected chi connectivity index (χ1v) is 12.4. The summed E-state index contributed by atoms with van der Waals surface area (Å²) >= 11 is 0. The molecule has 7 heteroatoms. The maximum absolute atomic E-state index is 12.5. The molecule has 1 aliphatic heterocycles. The van der Waals surface area contributed by atoms with Gasteiger partial charge in [-0.3, -0.25) is 9.79 Å². The molecule has 2 aliphatic rings. The van der Waals surface area contributed by atoms with Crippen molar-refractivity contribution in [3.63, 3.8) is 0 Å². The molecule has 1 aromatic rings. The Balaban J connectivity index is 0.00000385. The zero-order valence-corrected chi connectivity index (χ0v) is 23.3. The van der Waals surface area contributed by atoms with Crippen molar-refractivity contribution in [1.82, 2.24) is 20.4 Å². The number of benzene rings is 1. The molecule has 2 fully saturated rings. The second kappa shape index (κ2) is 13.5. The number of hydrogen-bond donors (Lipinski definition) is 2. The Bertz CT molecular complexity index is 756. The Kier molecular flexibility index (Phi) is 11.4. The molecule has 2 N–H and O–H groups in total. The van der Waals surface area contributed by atoms with E-state index in [4.69, 9.17) is 4.99 Å². The smallest absolute Gasteiger partial charge is 0.223 e. The largest absolute Gasteiger partial charge is 0.357 e. The standard InChI is InChI=1S/C26H43N5O.HI/c1-5-27-25(29-20-26(30(3)4)14-9-10-21(2)17-26)28-18-23-16-24(32)31(19-23)15-13-22-11-7-6-8-12-22;/h6-8,11-12,21,23H,5,9-10,13-20H2,1-4H3,(H2,27,28,29);1H. The summed E-state index contributed by atoms with van der Waals surface area (Å²) in [7, 11) is 4.39. The van der Waals surface area contributed by atoms with Gasteiger partial charge in [-0.1, -0.05) is 50.1 Å². The molecule has 1 saturated carbocycles. The zero-order valence-electron chi connectivity index (χ0n) is 21.0. The summed E-state index contributed by atoms with van der Waals surface area (Å²) in [4.78, 5) is 21.9. The molecule has 3 rings (SSSR count). The highest BCUT2D eigenvalue weighted by molar-refractivity contribution is 14.0. The summed E-state index contributed by atoms with van der Waals surface area (Å²) in [5.41, 5.74) is 1.44. The van der Waals surface area contributed by atoms with E-state index >= 15 is 0 Å². The van der Waals surface area contributed by atoms with Gasteiger partial charge in [-0.2, -0.15) is 0 Å². The van der Waals surface area contributed by atoms with Crippen LogP contribution in [0.1, 0.15) is 51.5 Å². The van der Waals surface area contributed by atoms with Gasteiger partial charge in [0.05, 0.1) is 6.54 Å². The molecule has 186 valence electrons. The number of halogens is 1. The van der Waals surface area contributed by atoms with Crippen LogP contribution < -0.4 is 10.6 Å². The van der Waals surface area contributed by atoms with Crippen LogP contribution in [0.25, 0.3) is 0 Å². The number of carbonyl (C=O) groups is 1. The minimum absolute atomic E-state index is 0. The number of carbonyl (C=O) groups excluding carboxylic acids is 1. The second-order valence-electron chi connectivity index (χ2n) is 10.0. The molecule has 3 atom stereocenters. The van der Waals surface area contributed by atoms with E-state index < -0.39 is 0 Å². The molecule has 33 heavy (non-hydrogen) atoms. The number of nitrogens with zero attached hydrogens (tertiary/aromatic N) is 3. The minimum Gasteiger partial charge on any atom is -0.357 e. The van der Waals surface area contributed by atoms with Crippen LogP contribution in [0.15, 0.2) is 35.3 Å². The number of rotatable bonds is 9. The van der Waals surface area contributed by atoms with Gasteiger partial charge in [-0.15, -0.1) is 24.0 Å². The molecule has 1 aromatic carbocycles. The summed E-state index contributed by atoms with van der Waals surface area (Å²) in [6.45, 7) is 8.53. The van der Waals surface area contributed by atoms with Gasteiger partial charge in [0.1, 0.15) is 0 Å². The van der Waals surface area contributed by atoms with Gasteiger partial charge in [0.15, 0.2) is 5.96 Å². The third kappa shape index (κ3) is 8.12. The van der Waals surface area contributed by atoms with Gasteiger partial charge < -0.3 is 20.4 Å². The summed E-state index contributed by atoms with van der Waals surface area (Å²) in [6.07, 6.45) is 6.56. The van der Waals surface area contributed by atoms with Gasteiger partial charge in [0, 0.05) is 44.1 Å². The molecule has 1 aliphatic carbocycles. The molecule has 0 spiro atoms. The van der Waals surface area contributed by atoms with E-state index in [-0.39, 0.29) is 35.4 Å². The molecule has 3 unspecified atom stereocenters. The molecular weight excluding hydrogens is 525 g/mol. The molecule has 0 radical (unpaired) electrons. The van der Waals surface area contributed by atoms with E-state index in [1.807, 2.05) is 11.0 Å². The van der Waals surface area contributed by atoms with Crippen molar-refractivity contribution in [3.8, 4) is 0 Å². The molecular formula is C26H44IN5O. The average Bonchev–Trinajstić information content (AvgIpc) is 3.14. The SMILES string of the molecule is CCNC(=NCC1(N(C)C)CCCC(C)C1)NCC1CC(=O)N(CCc2ccccc2)C1.I. The van der Waals surface area contributed by atoms with Crippen LogP contribution in [0.2, 0.25) is 0 Å². The van der Waals surface area contributed by atoms with Crippen LogP contribution in [-0.4, -0.2) is 74.0 Å². The highest BCUT2D eigenvalue weighted by Gasteiger charge is 2.37. The Morgan fingerprint density at radius 3 is 2.67 bits per heavy atom. The van der Waals surface area contributed by atoms with Crippen molar-refractivity contribution in [3.05, 3.63) is 35.9 Å². The molecule has 0 bridgehead atoms. The quantitative estimate of drug-likeness (QED) is 0.270. The zero-order chi connectivity index (χ0) is 23.0. The van der Waals surface area contributed by atoms with Crippen molar-refractivity contribution in [2.45, 2.75) is 57.9 Å². The highest BCUT2D eigenvalue weighted by Crippen LogP contribution is 2.35. The van der Waals surface area contributed by atoms with Gasteiger partial charge in [-0.05, 0) is 51.8 Å². The monoisotopic (exact) mass is 569 g/mol. The first kappa shape index (κ1) is 27.9. The van der Waals surface area contributed by atoms with Crippen LogP contribution in [0.4, 0.5) is 0 Å². The third-order valence-corrected chi connectivity index (χ3v) is 7.26. The van der Waals surface area contributed by atoms with E-state index in [1.165, 1.54) is 31.2 Å². The van der Waals surface area contributed by atoms with E-state index in [2.05, 4.69) is 67.7 Å². The number of nitrogens with one attached hydrogen (secondary N) is 2. The van der Waals surface area contributed by atoms with Crippen molar-refractivity contribution >= 4 is 35.8 Å². The maximum Gasteiger partial charge on any atom is 0.223 e. The molecule has 1 saturated heterocycles. The molecule has 0 aromatic heterocycles. The van der Waals surface area contributed by atoms with Crippen molar-refractivity contribution < 1.29 is 4.79 Å². The van der Waals surface area contributed by atoms with Crippen LogP contribution >= 0.6 is 24.0 Å². The summed E-state index contributed by atoms with van der Waals surface area (Å²) < 4.78 is 0. The number of hydrogen-bond acceptors (Lipinski definition) is 3. The van der Waals surface area contributed by atoms with Crippen LogP contribution in [-0.2, 0) is 11.2 Å². The predicted octanol–water partition coefficient (Wildman–Crippen LogP) is 3.76. The van der Waals surface area contributed by atoms with E-state index in [9.17, 15) is 4.79 Å². The maximum atomic E-state index is 12.5.